The number of nitrogens with two attached hydrogens (primary N) is 1. The van der Waals surface area contributed by atoms with E-state index in [0.717, 1.165) is 0 Å². The smallest absolute Gasteiger partial charge is 0.120 e. The van der Waals surface area contributed by atoms with Crippen molar-refractivity contribution in [3.63, 3.8) is 0 Å². The van der Waals surface area contributed by atoms with Crippen LogP contribution in [0, 0.1) is 5.92 Å². The van der Waals surface area contributed by atoms with E-state index in [1.165, 1.54) is 0 Å². The van der Waals surface area contributed by atoms with Crippen molar-refractivity contribution in [2.45, 2.75) is 26.1 Å². The Morgan fingerprint density at radius 2 is 1.89 bits per heavy atom. The minimum atomic E-state index is -0.579. The zero-order valence-electron chi connectivity index (χ0n) is 6.26. The highest BCUT2D eigenvalue weighted by Crippen LogP contribution is 1.99. The van der Waals surface area contributed by atoms with E-state index in [1.807, 2.05) is 13.8 Å². The van der Waals surface area contributed by atoms with Gasteiger partial charge >= 0.3 is 0 Å². The van der Waals surface area contributed by atoms with Crippen LogP contribution < -0.4 is 11.1 Å². The first kappa shape index (κ1) is 8.88. The lowest BCUT2D eigenvalue weighted by atomic mass is 10.0. The van der Waals surface area contributed by atoms with E-state index >= 15 is 0 Å². The predicted molar refractivity (Wildman–Crippen MR) is 37.9 cm³/mol. The molecule has 0 radical (unpaired) electrons. The second-order valence-corrected chi connectivity index (χ2v) is 2.55. The maximum atomic E-state index is 9.06. The van der Waals surface area contributed by atoms with Gasteiger partial charge in [0.15, 0.2) is 0 Å². The van der Waals surface area contributed by atoms with Crippen LogP contribution in [0.4, 0.5) is 0 Å². The van der Waals surface area contributed by atoms with Gasteiger partial charge < -0.3 is 10.8 Å². The van der Waals surface area contributed by atoms with E-state index in [2.05, 4.69) is 5.32 Å². The molecule has 0 bridgehead atoms. The zero-order valence-corrected chi connectivity index (χ0v) is 6.26. The summed E-state index contributed by atoms with van der Waals surface area (Å²) in [5, 5.41) is 11.7. The summed E-state index contributed by atoms with van der Waals surface area (Å²) in [6.07, 6.45) is -0.579. The van der Waals surface area contributed by atoms with E-state index < -0.39 is 6.23 Å². The van der Waals surface area contributed by atoms with Crippen LogP contribution in [0.2, 0.25) is 0 Å². The predicted octanol–water partition coefficient (Wildman–Crippen LogP) is -0.493. The average Bonchev–Trinajstić information content (AvgIpc) is 1.84. The van der Waals surface area contributed by atoms with Crippen molar-refractivity contribution in [3.05, 3.63) is 0 Å². The molecular formula is C6H16N2O. The van der Waals surface area contributed by atoms with Crippen LogP contribution in [0.1, 0.15) is 13.8 Å². The second-order valence-electron chi connectivity index (χ2n) is 2.55. The molecule has 3 nitrogen and oxygen atoms in total. The summed E-state index contributed by atoms with van der Waals surface area (Å²) in [5.74, 6) is 0.312. The molecule has 0 aliphatic rings. The molecule has 9 heavy (non-hydrogen) atoms. The number of hydrogen-bond acceptors (Lipinski definition) is 3. The van der Waals surface area contributed by atoms with Gasteiger partial charge in [-0.2, -0.15) is 0 Å². The van der Waals surface area contributed by atoms with Crippen molar-refractivity contribution in [2.75, 3.05) is 7.05 Å². The first-order chi connectivity index (χ1) is 4.09. The third-order valence-corrected chi connectivity index (χ3v) is 1.43. The topological polar surface area (TPSA) is 58.3 Å². The van der Waals surface area contributed by atoms with Crippen LogP contribution in [0.3, 0.4) is 0 Å². The Bertz CT molecular complexity index is 75.5. The number of likely N-dealkylation sites (N-methyl/N-ethyl adjacent to an activating group) is 1. The molecule has 0 heterocycles. The standard InChI is InChI=1S/C6H16N2O/c1-4(2)5(7)6(9)8-3/h4-6,8-9H,7H2,1-3H3/t5-,6?/m0/s1. The first-order valence-electron chi connectivity index (χ1n) is 3.20. The van der Waals surface area contributed by atoms with E-state index in [0.29, 0.717) is 5.92 Å². The molecule has 0 amide bonds. The highest BCUT2D eigenvalue weighted by atomic mass is 16.3. The number of aliphatic hydroxyl groups excluding tert-OH is 1. The van der Waals surface area contributed by atoms with E-state index in [-0.39, 0.29) is 6.04 Å². The third kappa shape index (κ3) is 2.79. The average molecular weight is 132 g/mol. The Labute approximate surface area is 56.2 Å². The van der Waals surface area contributed by atoms with Crippen molar-refractivity contribution >= 4 is 0 Å². The Kier molecular flexibility index (Phi) is 3.77. The van der Waals surface area contributed by atoms with Gasteiger partial charge in [-0.25, -0.2) is 0 Å². The molecule has 0 aromatic carbocycles. The molecule has 4 N–H and O–H groups in total. The lowest BCUT2D eigenvalue weighted by molar-refractivity contribution is 0.0995. The Hall–Kier alpha value is -0.120. The molecule has 0 aromatic rings. The van der Waals surface area contributed by atoms with Gasteiger partial charge in [0.2, 0.25) is 0 Å². The summed E-state index contributed by atoms with van der Waals surface area (Å²) in [6, 6.07) is -0.171. The van der Waals surface area contributed by atoms with Gasteiger partial charge in [0.1, 0.15) is 6.23 Å². The van der Waals surface area contributed by atoms with Gasteiger partial charge in [0, 0.05) is 6.04 Å². The zero-order chi connectivity index (χ0) is 7.44. The van der Waals surface area contributed by atoms with Crippen LogP contribution in [0.15, 0.2) is 0 Å². The molecule has 0 aliphatic heterocycles. The van der Waals surface area contributed by atoms with Crippen molar-refractivity contribution in [3.8, 4) is 0 Å². The van der Waals surface area contributed by atoms with Crippen LogP contribution in [0.5, 0.6) is 0 Å². The first-order valence-corrected chi connectivity index (χ1v) is 3.20. The summed E-state index contributed by atoms with van der Waals surface area (Å²) in [5.41, 5.74) is 5.56. The van der Waals surface area contributed by atoms with Crippen molar-refractivity contribution < 1.29 is 5.11 Å². The molecule has 0 saturated heterocycles. The summed E-state index contributed by atoms with van der Waals surface area (Å²) >= 11 is 0. The molecule has 2 atom stereocenters. The summed E-state index contributed by atoms with van der Waals surface area (Å²) in [4.78, 5) is 0. The van der Waals surface area contributed by atoms with Crippen LogP contribution in [0.25, 0.3) is 0 Å². The lowest BCUT2D eigenvalue weighted by Crippen LogP contribution is -2.46. The fourth-order valence-electron chi connectivity index (χ4n) is 0.557. The monoisotopic (exact) mass is 132 g/mol. The molecule has 0 spiro atoms. The van der Waals surface area contributed by atoms with Crippen molar-refractivity contribution in [1.29, 1.82) is 0 Å². The highest BCUT2D eigenvalue weighted by Gasteiger charge is 2.14. The second kappa shape index (κ2) is 3.82. The van der Waals surface area contributed by atoms with Crippen LogP contribution >= 0.6 is 0 Å². The normalized spacial score (nSPS) is 18.0. The number of aliphatic hydroxyl groups is 1. The fourth-order valence-corrected chi connectivity index (χ4v) is 0.557. The number of rotatable bonds is 3. The van der Waals surface area contributed by atoms with Gasteiger partial charge in [0.25, 0.3) is 0 Å². The molecule has 0 saturated carbocycles. The molecule has 0 fully saturated rings. The Morgan fingerprint density at radius 1 is 1.44 bits per heavy atom. The molecular weight excluding hydrogens is 116 g/mol. The summed E-state index contributed by atoms with van der Waals surface area (Å²) < 4.78 is 0. The minimum absolute atomic E-state index is 0.171. The molecule has 0 rings (SSSR count). The van der Waals surface area contributed by atoms with Crippen LogP contribution in [-0.4, -0.2) is 24.4 Å². The van der Waals surface area contributed by atoms with Gasteiger partial charge in [0.05, 0.1) is 0 Å². The summed E-state index contributed by atoms with van der Waals surface area (Å²) in [7, 11) is 1.69. The highest BCUT2D eigenvalue weighted by molar-refractivity contribution is 4.70. The van der Waals surface area contributed by atoms with Crippen molar-refractivity contribution in [1.82, 2.24) is 5.32 Å². The van der Waals surface area contributed by atoms with Crippen molar-refractivity contribution in [2.24, 2.45) is 11.7 Å². The number of hydrogen-bond donors (Lipinski definition) is 3. The number of nitrogens with one attached hydrogen (secondary N) is 1. The van der Waals surface area contributed by atoms with E-state index in [1.54, 1.807) is 7.05 Å². The summed E-state index contributed by atoms with van der Waals surface area (Å²) in [6.45, 7) is 3.95. The van der Waals surface area contributed by atoms with Gasteiger partial charge in [-0.05, 0) is 13.0 Å². The quantitative estimate of drug-likeness (QED) is 0.454. The maximum Gasteiger partial charge on any atom is 0.120 e. The molecule has 0 aliphatic carbocycles. The largest absolute Gasteiger partial charge is 0.377 e. The Balaban J connectivity index is 3.58. The molecule has 3 heteroatoms. The molecule has 1 unspecified atom stereocenters. The SMILES string of the molecule is CNC(O)[C@@H](N)C(C)C. The van der Waals surface area contributed by atoms with E-state index in [4.69, 9.17) is 10.8 Å². The molecule has 56 valence electrons. The minimum Gasteiger partial charge on any atom is -0.377 e. The molecule has 0 aromatic heterocycles. The Morgan fingerprint density at radius 3 is 2.00 bits per heavy atom. The van der Waals surface area contributed by atoms with Gasteiger partial charge in [-0.3, -0.25) is 5.32 Å². The lowest BCUT2D eigenvalue weighted by Gasteiger charge is -2.20. The third-order valence-electron chi connectivity index (χ3n) is 1.43. The van der Waals surface area contributed by atoms with Gasteiger partial charge in [-0.15, -0.1) is 0 Å². The maximum absolute atomic E-state index is 9.06. The van der Waals surface area contributed by atoms with Crippen LogP contribution in [-0.2, 0) is 0 Å². The van der Waals surface area contributed by atoms with E-state index in [9.17, 15) is 0 Å². The van der Waals surface area contributed by atoms with Gasteiger partial charge in [-0.1, -0.05) is 13.8 Å². The fraction of sp³-hybridized carbons (Fsp3) is 1.00.